The lowest BCUT2D eigenvalue weighted by molar-refractivity contribution is 0.0391. The summed E-state index contributed by atoms with van der Waals surface area (Å²) in [6.07, 6.45) is 5.93. The largest absolute Gasteiger partial charge is 0.327 e. The number of benzene rings is 2. The molecule has 0 N–H and O–H groups in total. The Kier molecular flexibility index (Phi) is 5.20. The summed E-state index contributed by atoms with van der Waals surface area (Å²) < 4.78 is 44.9. The minimum Gasteiger partial charge on any atom is -0.327 e. The van der Waals surface area contributed by atoms with Gasteiger partial charge in [0.25, 0.3) is 5.91 Å². The second-order valence-electron chi connectivity index (χ2n) is 9.47. The Morgan fingerprint density at radius 1 is 1.08 bits per heavy atom. The fourth-order valence-electron chi connectivity index (χ4n) is 5.69. The third-order valence-electron chi connectivity index (χ3n) is 7.22. The van der Waals surface area contributed by atoms with Crippen LogP contribution in [-0.4, -0.2) is 41.4 Å². The van der Waals surface area contributed by atoms with Crippen LogP contribution in [0.15, 0.2) is 43.0 Å². The van der Waals surface area contributed by atoms with Gasteiger partial charge in [0.15, 0.2) is 17.5 Å². The van der Waals surface area contributed by atoms with Crippen LogP contribution in [0.1, 0.15) is 52.5 Å². The molecule has 0 unspecified atom stereocenters. The lowest BCUT2D eigenvalue weighted by Gasteiger charge is -2.45. The van der Waals surface area contributed by atoms with Crippen molar-refractivity contribution in [1.82, 2.24) is 29.4 Å². The maximum atomic E-state index is 14.1. The van der Waals surface area contributed by atoms with Crippen LogP contribution in [0.25, 0.3) is 16.9 Å². The van der Waals surface area contributed by atoms with Gasteiger partial charge in [-0.1, -0.05) is 11.6 Å². The van der Waals surface area contributed by atoms with Crippen LogP contribution in [0.2, 0.25) is 0 Å². The van der Waals surface area contributed by atoms with Gasteiger partial charge in [0.1, 0.15) is 12.7 Å². The molecule has 2 aliphatic heterocycles. The Morgan fingerprint density at radius 2 is 1.86 bits per heavy atom. The number of nitrogens with zero attached hydrogens (tertiary/aromatic N) is 6. The fraction of sp³-hybridized carbons (Fsp3) is 0.308. The van der Waals surface area contributed by atoms with Gasteiger partial charge in [-0.05, 0) is 56.9 Å². The van der Waals surface area contributed by atoms with Crippen molar-refractivity contribution in [1.29, 1.82) is 0 Å². The highest BCUT2D eigenvalue weighted by atomic mass is 19.2. The number of hydrogen-bond acceptors (Lipinski definition) is 4. The van der Waals surface area contributed by atoms with E-state index in [0.29, 0.717) is 23.4 Å². The average molecular weight is 493 g/mol. The molecule has 1 saturated heterocycles. The van der Waals surface area contributed by atoms with Crippen molar-refractivity contribution in [2.45, 2.75) is 44.7 Å². The van der Waals surface area contributed by atoms with Crippen molar-refractivity contribution in [3.63, 3.8) is 0 Å². The van der Waals surface area contributed by atoms with Gasteiger partial charge < -0.3 is 4.90 Å². The van der Waals surface area contributed by atoms with Crippen LogP contribution in [0.5, 0.6) is 0 Å². The van der Waals surface area contributed by atoms with Gasteiger partial charge in [-0.2, -0.15) is 10.2 Å². The summed E-state index contributed by atoms with van der Waals surface area (Å²) in [5, 5.41) is 8.92. The molecular formula is C26H23F3N6O. The van der Waals surface area contributed by atoms with E-state index >= 15 is 0 Å². The Bertz CT molecular complexity index is 1470. The summed E-state index contributed by atoms with van der Waals surface area (Å²) in [6.45, 7) is 1.93. The summed E-state index contributed by atoms with van der Waals surface area (Å²) in [6, 6.07) is 7.26. The highest BCUT2D eigenvalue weighted by Crippen LogP contribution is 2.45. The molecule has 2 aromatic carbocycles. The first-order chi connectivity index (χ1) is 17.3. The van der Waals surface area contributed by atoms with Crippen LogP contribution in [-0.2, 0) is 13.5 Å². The molecule has 0 spiro atoms. The van der Waals surface area contributed by atoms with E-state index in [9.17, 15) is 18.0 Å². The molecule has 2 aliphatic rings. The monoisotopic (exact) mass is 492 g/mol. The summed E-state index contributed by atoms with van der Waals surface area (Å²) in [4.78, 5) is 20.0. The molecule has 4 aromatic rings. The summed E-state index contributed by atoms with van der Waals surface area (Å²) >= 11 is 0. The van der Waals surface area contributed by atoms with E-state index in [1.165, 1.54) is 6.33 Å². The molecule has 2 aromatic heterocycles. The molecule has 0 aliphatic carbocycles. The number of fused-ring (bicyclic) bond motifs is 4. The first-order valence-corrected chi connectivity index (χ1v) is 11.8. The molecule has 4 heterocycles. The minimum atomic E-state index is -1.50. The zero-order chi connectivity index (χ0) is 25.1. The second kappa shape index (κ2) is 8.32. The molecule has 1 fully saturated rings. The number of rotatable bonds is 3. The molecule has 2 atom stereocenters. The minimum absolute atomic E-state index is 0.106. The van der Waals surface area contributed by atoms with Crippen LogP contribution in [0.4, 0.5) is 13.2 Å². The van der Waals surface area contributed by atoms with Gasteiger partial charge in [0, 0.05) is 24.2 Å². The normalized spacial score (nSPS) is 18.9. The topological polar surface area (TPSA) is 68.8 Å². The van der Waals surface area contributed by atoms with Crippen molar-refractivity contribution in [3.05, 3.63) is 82.8 Å². The molecule has 36 heavy (non-hydrogen) atoms. The van der Waals surface area contributed by atoms with Crippen molar-refractivity contribution in [3.8, 4) is 16.9 Å². The predicted molar refractivity (Wildman–Crippen MR) is 125 cm³/mol. The van der Waals surface area contributed by atoms with E-state index in [4.69, 9.17) is 5.10 Å². The van der Waals surface area contributed by atoms with Crippen LogP contribution >= 0.6 is 0 Å². The zero-order valence-electron chi connectivity index (χ0n) is 19.8. The highest BCUT2D eigenvalue weighted by molar-refractivity contribution is 5.98. The lowest BCUT2D eigenvalue weighted by Crippen LogP contribution is -2.50. The third kappa shape index (κ3) is 3.42. The molecule has 0 saturated carbocycles. The number of amides is 1. The van der Waals surface area contributed by atoms with Gasteiger partial charge in [0.2, 0.25) is 0 Å². The summed E-state index contributed by atoms with van der Waals surface area (Å²) in [5.74, 6) is -4.10. The van der Waals surface area contributed by atoms with Gasteiger partial charge in [0.05, 0.1) is 28.7 Å². The zero-order valence-corrected chi connectivity index (χ0v) is 19.8. The number of piperidine rings is 1. The first kappa shape index (κ1) is 22.5. The number of halogens is 3. The van der Waals surface area contributed by atoms with E-state index in [0.717, 1.165) is 48.2 Å². The van der Waals surface area contributed by atoms with Gasteiger partial charge in [-0.15, -0.1) is 0 Å². The number of aryl methyl sites for hydroxylation is 2. The molecule has 1 amide bonds. The summed E-state index contributed by atoms with van der Waals surface area (Å²) in [7, 11) is 1.70. The molecule has 10 heteroatoms. The standard InChI is InChI=1S/C26H23F3N6O/c1-14-6-7-21(34-13-30-12-31-34)17(8-14)26(36)35-16-4-3-5-22(35)24-18(11-16)25(33(2)32-24)15-9-19(27)23(29)20(28)10-15/h6-10,12-13,16,22H,3-5,11H2,1-2H3/t16-,22+/m1/s1. The van der Waals surface area contributed by atoms with E-state index in [1.807, 2.05) is 30.0 Å². The van der Waals surface area contributed by atoms with E-state index in [1.54, 1.807) is 22.7 Å². The van der Waals surface area contributed by atoms with Crippen molar-refractivity contribution >= 4 is 5.91 Å². The van der Waals surface area contributed by atoms with Crippen molar-refractivity contribution in [2.75, 3.05) is 0 Å². The molecule has 7 nitrogen and oxygen atoms in total. The maximum absolute atomic E-state index is 14.1. The smallest absolute Gasteiger partial charge is 0.256 e. The number of carbonyl (C=O) groups excluding carboxylic acids is 1. The maximum Gasteiger partial charge on any atom is 0.256 e. The van der Waals surface area contributed by atoms with Gasteiger partial charge in [-0.3, -0.25) is 9.48 Å². The number of carbonyl (C=O) groups is 1. The van der Waals surface area contributed by atoms with Crippen molar-refractivity contribution < 1.29 is 18.0 Å². The average Bonchev–Trinajstić information content (AvgIpc) is 3.49. The Hall–Kier alpha value is -3.95. The Morgan fingerprint density at radius 3 is 2.58 bits per heavy atom. The number of aromatic nitrogens is 5. The Labute approximate surface area is 205 Å². The van der Waals surface area contributed by atoms with Crippen LogP contribution < -0.4 is 0 Å². The molecule has 184 valence electrons. The van der Waals surface area contributed by atoms with E-state index < -0.39 is 17.5 Å². The molecule has 0 radical (unpaired) electrons. The van der Waals surface area contributed by atoms with Gasteiger partial charge >= 0.3 is 0 Å². The highest BCUT2D eigenvalue weighted by Gasteiger charge is 2.44. The van der Waals surface area contributed by atoms with Crippen LogP contribution in [0.3, 0.4) is 0 Å². The second-order valence-corrected chi connectivity index (χ2v) is 9.47. The third-order valence-corrected chi connectivity index (χ3v) is 7.22. The predicted octanol–water partition coefficient (Wildman–Crippen LogP) is 4.69. The first-order valence-electron chi connectivity index (χ1n) is 11.8. The fourth-order valence-corrected chi connectivity index (χ4v) is 5.69. The quantitative estimate of drug-likeness (QED) is 0.390. The molecule has 6 rings (SSSR count). The SMILES string of the molecule is Cc1ccc(-n2cncn2)c(C(=O)N2[C@@H]3CCC[C@H]2c2nn(C)c(-c4cc(F)c(F)c(F)c4)c2C3)c1. The molecular weight excluding hydrogens is 469 g/mol. The van der Waals surface area contributed by atoms with Crippen molar-refractivity contribution in [2.24, 2.45) is 7.05 Å². The Balaban J connectivity index is 1.45. The number of hydrogen-bond donors (Lipinski definition) is 0. The van der Waals surface area contributed by atoms with E-state index in [2.05, 4.69) is 10.1 Å². The van der Waals surface area contributed by atoms with Gasteiger partial charge in [-0.25, -0.2) is 22.8 Å². The van der Waals surface area contributed by atoms with E-state index in [-0.39, 0.29) is 23.6 Å². The summed E-state index contributed by atoms with van der Waals surface area (Å²) in [5.41, 5.74) is 4.47. The molecule has 2 bridgehead atoms. The van der Waals surface area contributed by atoms with Crippen LogP contribution in [0, 0.1) is 24.4 Å². The lowest BCUT2D eigenvalue weighted by atomic mass is 9.81.